The van der Waals surface area contributed by atoms with Crippen molar-refractivity contribution >= 4 is 16.5 Å². The van der Waals surface area contributed by atoms with Crippen LogP contribution in [-0.4, -0.2) is 31.3 Å². The smallest absolute Gasteiger partial charge is 0.185 e. The molecule has 1 aliphatic heterocycles. The van der Waals surface area contributed by atoms with Gasteiger partial charge < -0.3 is 15.4 Å². The van der Waals surface area contributed by atoms with Crippen molar-refractivity contribution in [1.29, 1.82) is 0 Å². The number of thiazole rings is 1. The Balaban J connectivity index is 2.14. The Morgan fingerprint density at radius 2 is 2.35 bits per heavy atom. The lowest BCUT2D eigenvalue weighted by Gasteiger charge is -2.31. The van der Waals surface area contributed by atoms with Gasteiger partial charge in [-0.2, -0.15) is 0 Å². The minimum atomic E-state index is 0.0734. The monoisotopic (exact) mass is 255 g/mol. The van der Waals surface area contributed by atoms with Crippen molar-refractivity contribution in [3.05, 3.63) is 10.6 Å². The number of methoxy groups -OCH3 is 1. The lowest BCUT2D eigenvalue weighted by molar-refractivity contribution is 0.0893. The van der Waals surface area contributed by atoms with Crippen LogP contribution in [0.5, 0.6) is 0 Å². The number of ether oxygens (including phenoxy) is 1. The third-order valence-corrected chi connectivity index (χ3v) is 4.64. The summed E-state index contributed by atoms with van der Waals surface area (Å²) in [4.78, 5) is 8.15. The van der Waals surface area contributed by atoms with Gasteiger partial charge in [0.05, 0.1) is 11.8 Å². The van der Waals surface area contributed by atoms with Crippen LogP contribution in [0.3, 0.4) is 0 Å². The summed E-state index contributed by atoms with van der Waals surface area (Å²) in [7, 11) is 1.79. The second-order valence-electron chi connectivity index (χ2n) is 4.68. The molecule has 2 N–H and O–H groups in total. The van der Waals surface area contributed by atoms with Crippen molar-refractivity contribution in [2.24, 2.45) is 5.73 Å². The average Bonchev–Trinajstić information content (AvgIpc) is 2.71. The van der Waals surface area contributed by atoms with Gasteiger partial charge in [-0.3, -0.25) is 0 Å². The average molecular weight is 255 g/mol. The standard InChI is InChI=1S/C12H21N3OS/c1-8(13)11-9(2)14-12(17-11)15-6-4-5-10(7-15)16-3/h8,10H,4-7,13H2,1-3H3. The molecule has 0 aliphatic carbocycles. The van der Waals surface area contributed by atoms with Crippen LogP contribution in [0.25, 0.3) is 0 Å². The fourth-order valence-electron chi connectivity index (χ4n) is 2.26. The van der Waals surface area contributed by atoms with E-state index >= 15 is 0 Å². The number of aryl methyl sites for hydroxylation is 1. The van der Waals surface area contributed by atoms with Gasteiger partial charge in [0.1, 0.15) is 0 Å². The largest absolute Gasteiger partial charge is 0.380 e. The molecular formula is C12H21N3OS. The Hall–Kier alpha value is -0.650. The molecule has 2 unspecified atom stereocenters. The van der Waals surface area contributed by atoms with Gasteiger partial charge in [0.25, 0.3) is 0 Å². The van der Waals surface area contributed by atoms with Crippen LogP contribution in [0.1, 0.15) is 36.4 Å². The number of hydrogen-bond donors (Lipinski definition) is 1. The molecule has 0 spiro atoms. The highest BCUT2D eigenvalue weighted by Crippen LogP contribution is 2.31. The number of rotatable bonds is 3. The maximum atomic E-state index is 5.94. The third-order valence-electron chi connectivity index (χ3n) is 3.22. The fourth-order valence-corrected chi connectivity index (χ4v) is 3.31. The molecule has 2 rings (SSSR count). The molecule has 96 valence electrons. The van der Waals surface area contributed by atoms with E-state index in [-0.39, 0.29) is 6.04 Å². The van der Waals surface area contributed by atoms with Gasteiger partial charge in [0.15, 0.2) is 5.13 Å². The van der Waals surface area contributed by atoms with E-state index in [1.165, 1.54) is 11.3 Å². The highest BCUT2D eigenvalue weighted by atomic mass is 32.1. The SMILES string of the molecule is COC1CCCN(c2nc(C)c(C(C)N)s2)C1. The first kappa shape index (κ1) is 12.8. The summed E-state index contributed by atoms with van der Waals surface area (Å²) in [6.45, 7) is 6.07. The van der Waals surface area contributed by atoms with Crippen LogP contribution < -0.4 is 10.6 Å². The Morgan fingerprint density at radius 3 is 2.94 bits per heavy atom. The minimum Gasteiger partial charge on any atom is -0.380 e. The predicted octanol–water partition coefficient (Wildman–Crippen LogP) is 2.09. The summed E-state index contributed by atoms with van der Waals surface area (Å²) in [5.41, 5.74) is 7.01. The molecular weight excluding hydrogens is 234 g/mol. The van der Waals surface area contributed by atoms with Crippen LogP contribution in [0.2, 0.25) is 0 Å². The van der Waals surface area contributed by atoms with Crippen LogP contribution >= 0.6 is 11.3 Å². The summed E-state index contributed by atoms with van der Waals surface area (Å²) in [6.07, 6.45) is 2.66. The highest BCUT2D eigenvalue weighted by Gasteiger charge is 2.23. The molecule has 1 aromatic heterocycles. The van der Waals surface area contributed by atoms with E-state index in [9.17, 15) is 0 Å². The van der Waals surface area contributed by atoms with E-state index in [1.807, 2.05) is 13.8 Å². The van der Waals surface area contributed by atoms with Gasteiger partial charge in [-0.1, -0.05) is 0 Å². The number of nitrogens with zero attached hydrogens (tertiary/aromatic N) is 2. The molecule has 0 bridgehead atoms. The highest BCUT2D eigenvalue weighted by molar-refractivity contribution is 7.15. The number of aromatic nitrogens is 1. The molecule has 1 saturated heterocycles. The Kier molecular flexibility index (Phi) is 4.01. The van der Waals surface area contributed by atoms with E-state index in [1.54, 1.807) is 18.4 Å². The molecule has 0 saturated carbocycles. The predicted molar refractivity (Wildman–Crippen MR) is 71.7 cm³/mol. The lowest BCUT2D eigenvalue weighted by atomic mass is 10.1. The van der Waals surface area contributed by atoms with Crippen molar-refractivity contribution in [3.63, 3.8) is 0 Å². The summed E-state index contributed by atoms with van der Waals surface area (Å²) >= 11 is 1.72. The molecule has 1 aromatic rings. The third kappa shape index (κ3) is 2.78. The van der Waals surface area contributed by atoms with Crippen molar-refractivity contribution in [1.82, 2.24) is 4.98 Å². The number of hydrogen-bond acceptors (Lipinski definition) is 5. The Morgan fingerprint density at radius 1 is 1.59 bits per heavy atom. The van der Waals surface area contributed by atoms with Crippen LogP contribution in [0, 0.1) is 6.92 Å². The van der Waals surface area contributed by atoms with Crippen molar-refractivity contribution in [2.75, 3.05) is 25.1 Å². The number of anilines is 1. The molecule has 0 radical (unpaired) electrons. The summed E-state index contributed by atoms with van der Waals surface area (Å²) < 4.78 is 5.44. The first-order valence-corrected chi connectivity index (χ1v) is 6.94. The second-order valence-corrected chi connectivity index (χ2v) is 5.69. The molecule has 2 atom stereocenters. The zero-order valence-electron chi connectivity index (χ0n) is 10.8. The lowest BCUT2D eigenvalue weighted by Crippen LogP contribution is -2.39. The normalized spacial score (nSPS) is 22.8. The first-order valence-electron chi connectivity index (χ1n) is 6.12. The summed E-state index contributed by atoms with van der Waals surface area (Å²) in [5, 5.41) is 1.09. The van der Waals surface area contributed by atoms with Crippen LogP contribution in [0.15, 0.2) is 0 Å². The van der Waals surface area contributed by atoms with Gasteiger partial charge >= 0.3 is 0 Å². The maximum absolute atomic E-state index is 5.94. The number of piperidine rings is 1. The molecule has 0 amide bonds. The van der Waals surface area contributed by atoms with Crippen molar-refractivity contribution < 1.29 is 4.74 Å². The zero-order chi connectivity index (χ0) is 12.4. The molecule has 1 fully saturated rings. The first-order chi connectivity index (χ1) is 8.11. The minimum absolute atomic E-state index is 0.0734. The van der Waals surface area contributed by atoms with E-state index in [2.05, 4.69) is 9.88 Å². The molecule has 17 heavy (non-hydrogen) atoms. The Labute approximate surface area is 107 Å². The van der Waals surface area contributed by atoms with E-state index in [4.69, 9.17) is 10.5 Å². The number of nitrogens with two attached hydrogens (primary N) is 1. The second kappa shape index (κ2) is 5.33. The topological polar surface area (TPSA) is 51.4 Å². The van der Waals surface area contributed by atoms with Crippen molar-refractivity contribution in [3.8, 4) is 0 Å². The molecule has 1 aliphatic rings. The molecule has 4 nitrogen and oxygen atoms in total. The van der Waals surface area contributed by atoms with Gasteiger partial charge in [0, 0.05) is 31.1 Å². The quantitative estimate of drug-likeness (QED) is 0.898. The molecule has 5 heteroatoms. The van der Waals surface area contributed by atoms with Gasteiger partial charge in [-0.15, -0.1) is 11.3 Å². The van der Waals surface area contributed by atoms with E-state index in [0.717, 1.165) is 30.3 Å². The van der Waals surface area contributed by atoms with Crippen molar-refractivity contribution in [2.45, 2.75) is 38.8 Å². The fraction of sp³-hybridized carbons (Fsp3) is 0.750. The molecule has 2 heterocycles. The van der Waals surface area contributed by atoms with E-state index < -0.39 is 0 Å². The summed E-state index contributed by atoms with van der Waals surface area (Å²) in [6, 6.07) is 0.0734. The Bertz CT molecular complexity index is 378. The van der Waals surface area contributed by atoms with Gasteiger partial charge in [-0.05, 0) is 26.7 Å². The van der Waals surface area contributed by atoms with Gasteiger partial charge in [0.2, 0.25) is 0 Å². The van der Waals surface area contributed by atoms with E-state index in [0.29, 0.717) is 6.10 Å². The van der Waals surface area contributed by atoms with Crippen LogP contribution in [-0.2, 0) is 4.74 Å². The summed E-state index contributed by atoms with van der Waals surface area (Å²) in [5.74, 6) is 0. The molecule has 0 aromatic carbocycles. The maximum Gasteiger partial charge on any atom is 0.185 e. The zero-order valence-corrected chi connectivity index (χ0v) is 11.6. The van der Waals surface area contributed by atoms with Crippen LogP contribution in [0.4, 0.5) is 5.13 Å². The van der Waals surface area contributed by atoms with Gasteiger partial charge in [-0.25, -0.2) is 4.98 Å².